The molecule has 4 rings (SSSR count). The molecule has 0 fully saturated rings. The third kappa shape index (κ3) is 5.36. The summed E-state index contributed by atoms with van der Waals surface area (Å²) in [7, 11) is 0. The summed E-state index contributed by atoms with van der Waals surface area (Å²) in [6.07, 6.45) is 3.48. The molecule has 0 amide bonds. The average molecular weight is 392 g/mol. The molecule has 132 valence electrons. The minimum Gasteiger partial charge on any atom is -0.126 e. The third-order valence-electron chi connectivity index (χ3n) is 4.76. The van der Waals surface area contributed by atoms with Crippen molar-refractivity contribution in [2.24, 2.45) is 5.92 Å². The summed E-state index contributed by atoms with van der Waals surface area (Å²) in [6.45, 7) is 13.2. The van der Waals surface area contributed by atoms with E-state index in [1.807, 2.05) is 0 Å². The average Bonchev–Trinajstić information content (AvgIpc) is 3.08. The SMILES string of the molecule is CC1=[C-]C(C)C(C)=C1C.C[Si](C)=[Ti+2].c1ccc2c(c1)[cH-]c1ccccc12. The van der Waals surface area contributed by atoms with Crippen molar-refractivity contribution in [2.75, 3.05) is 0 Å². The van der Waals surface area contributed by atoms with E-state index in [-0.39, 0.29) is 6.19 Å². The first-order valence-corrected chi connectivity index (χ1v) is 14.0. The van der Waals surface area contributed by atoms with Crippen molar-refractivity contribution in [3.63, 3.8) is 0 Å². The smallest absolute Gasteiger partial charge is 0.0771 e. The van der Waals surface area contributed by atoms with Gasteiger partial charge in [-0.15, -0.1) is 46.7 Å². The summed E-state index contributed by atoms with van der Waals surface area (Å²) in [4.78, 5) is 0. The van der Waals surface area contributed by atoms with E-state index in [0.717, 1.165) is 0 Å². The molecule has 3 aromatic rings. The molecule has 0 bridgehead atoms. The maximum absolute atomic E-state index is 3.36. The molecule has 0 spiro atoms. The van der Waals surface area contributed by atoms with Gasteiger partial charge in [-0.25, -0.2) is 5.57 Å². The first-order valence-electron chi connectivity index (χ1n) is 9.14. The normalized spacial score (nSPS) is 16.0. The van der Waals surface area contributed by atoms with Gasteiger partial charge in [-0.3, -0.25) is 6.08 Å². The molecule has 0 N–H and O–H groups in total. The van der Waals surface area contributed by atoms with Crippen molar-refractivity contribution in [3.8, 4) is 0 Å². The Balaban J connectivity index is 0.000000164. The number of rotatable bonds is 0. The maximum Gasteiger partial charge on any atom is -0.0771 e. The van der Waals surface area contributed by atoms with Crippen LogP contribution in [0.25, 0.3) is 21.5 Å². The van der Waals surface area contributed by atoms with Crippen LogP contribution in [0.3, 0.4) is 0 Å². The van der Waals surface area contributed by atoms with Gasteiger partial charge >= 0.3 is 38.5 Å². The van der Waals surface area contributed by atoms with Gasteiger partial charge in [0.2, 0.25) is 0 Å². The van der Waals surface area contributed by atoms with E-state index >= 15 is 0 Å². The topological polar surface area (TPSA) is 0 Å². The molecule has 1 unspecified atom stereocenters. The van der Waals surface area contributed by atoms with Crippen molar-refractivity contribution in [1.29, 1.82) is 0 Å². The molecular weight excluding hydrogens is 364 g/mol. The van der Waals surface area contributed by atoms with Crippen LogP contribution >= 0.6 is 0 Å². The zero-order chi connectivity index (χ0) is 19.3. The number of allylic oxidation sites excluding steroid dienone is 4. The molecule has 0 saturated carbocycles. The van der Waals surface area contributed by atoms with Gasteiger partial charge in [0.1, 0.15) is 0 Å². The van der Waals surface area contributed by atoms with Crippen molar-refractivity contribution in [2.45, 2.75) is 40.8 Å². The molecule has 0 saturated heterocycles. The molecule has 26 heavy (non-hydrogen) atoms. The zero-order valence-corrected chi connectivity index (χ0v) is 19.3. The van der Waals surface area contributed by atoms with Gasteiger partial charge < -0.3 is 0 Å². The molecule has 2 heteroatoms. The van der Waals surface area contributed by atoms with Crippen LogP contribution in [-0.2, 0) is 19.2 Å². The fourth-order valence-corrected chi connectivity index (χ4v) is 3.07. The largest absolute Gasteiger partial charge is 0.126 e. The van der Waals surface area contributed by atoms with Crippen LogP contribution in [0.4, 0.5) is 0 Å². The molecule has 1 aliphatic carbocycles. The quantitative estimate of drug-likeness (QED) is 0.280. The van der Waals surface area contributed by atoms with Gasteiger partial charge in [-0.2, -0.15) is 11.1 Å². The Bertz CT molecular complexity index is 918. The Hall–Kier alpha value is -1.28. The standard InChI is InChI=1S/C13H9.C9H13.C2H6Si.Ti/c1-3-7-12-10(5-1)9-11-6-2-4-8-13(11)12;1-6-5-7(2)9(4)8(6)3;1-3-2;/h1-9H;6H,1-4H3;1-2H3;/q2*-1;;+2. The van der Waals surface area contributed by atoms with E-state index in [0.29, 0.717) is 5.92 Å². The van der Waals surface area contributed by atoms with Crippen LogP contribution < -0.4 is 0 Å². The van der Waals surface area contributed by atoms with Gasteiger partial charge in [0.15, 0.2) is 0 Å². The second kappa shape index (κ2) is 9.60. The molecule has 0 heterocycles. The molecule has 0 aromatic heterocycles. The number of hydrogen-bond acceptors (Lipinski definition) is 0. The maximum atomic E-state index is 3.36. The van der Waals surface area contributed by atoms with Gasteiger partial charge in [0.25, 0.3) is 0 Å². The Labute approximate surface area is 170 Å². The summed E-state index contributed by atoms with van der Waals surface area (Å²) in [5, 5.41) is 5.39. The first-order chi connectivity index (χ1) is 12.3. The number of benzene rings is 2. The van der Waals surface area contributed by atoms with E-state index in [4.69, 9.17) is 0 Å². The van der Waals surface area contributed by atoms with E-state index in [1.54, 1.807) is 0 Å². The molecule has 0 nitrogen and oxygen atoms in total. The Morgan fingerprint density at radius 2 is 1.31 bits per heavy atom. The first kappa shape index (κ1) is 21.0. The minimum atomic E-state index is 0.120. The van der Waals surface area contributed by atoms with Crippen LogP contribution in [0.5, 0.6) is 0 Å². The van der Waals surface area contributed by atoms with Crippen molar-refractivity contribution in [3.05, 3.63) is 77.4 Å². The van der Waals surface area contributed by atoms with Crippen LogP contribution in [0.2, 0.25) is 13.1 Å². The fourth-order valence-electron chi connectivity index (χ4n) is 3.07. The zero-order valence-electron chi connectivity index (χ0n) is 16.8. The number of fused-ring (bicyclic) bond motifs is 3. The fraction of sp³-hybridized carbons (Fsp3) is 0.292. The Morgan fingerprint density at radius 1 is 0.885 bits per heavy atom. The molecule has 3 aromatic carbocycles. The summed E-state index contributed by atoms with van der Waals surface area (Å²) < 4.78 is 0. The second-order valence-corrected chi connectivity index (χ2v) is 13.8. The number of hydrogen-bond donors (Lipinski definition) is 0. The summed E-state index contributed by atoms with van der Waals surface area (Å²) in [5.41, 5.74) is 4.25. The molecule has 1 atom stereocenters. The molecule has 0 radical (unpaired) electrons. The van der Waals surface area contributed by atoms with E-state index in [2.05, 4.69) is 121 Å². The third-order valence-corrected chi connectivity index (χ3v) is 4.76. The van der Waals surface area contributed by atoms with Crippen molar-refractivity contribution >= 4 is 27.7 Å². The van der Waals surface area contributed by atoms with Crippen molar-refractivity contribution in [1.82, 2.24) is 0 Å². The van der Waals surface area contributed by atoms with E-state index in [9.17, 15) is 0 Å². The van der Waals surface area contributed by atoms with Gasteiger partial charge in [-0.1, -0.05) is 63.1 Å². The Morgan fingerprint density at radius 3 is 1.62 bits per heavy atom. The Kier molecular flexibility index (Phi) is 7.76. The van der Waals surface area contributed by atoms with Crippen molar-refractivity contribution < 1.29 is 19.2 Å². The molecular formula is C24H28SiTi. The second-order valence-electron chi connectivity index (χ2n) is 7.12. The predicted octanol–water partition coefficient (Wildman–Crippen LogP) is 7.22. The van der Waals surface area contributed by atoms with Crippen LogP contribution in [0.15, 0.2) is 71.3 Å². The van der Waals surface area contributed by atoms with Crippen LogP contribution in [0.1, 0.15) is 27.7 Å². The molecule has 0 aliphatic heterocycles. The summed E-state index contributed by atoms with van der Waals surface area (Å²) in [5.74, 6) is 0.560. The van der Waals surface area contributed by atoms with Crippen LogP contribution in [-0.4, -0.2) is 6.19 Å². The minimum absolute atomic E-state index is 0.120. The van der Waals surface area contributed by atoms with Gasteiger partial charge in [0.05, 0.1) is 0 Å². The predicted molar refractivity (Wildman–Crippen MR) is 114 cm³/mol. The van der Waals surface area contributed by atoms with Gasteiger partial charge in [0, 0.05) is 0 Å². The van der Waals surface area contributed by atoms with Gasteiger partial charge in [-0.05, 0) is 0 Å². The van der Waals surface area contributed by atoms with E-state index < -0.39 is 0 Å². The molecule has 1 aliphatic rings. The van der Waals surface area contributed by atoms with Crippen LogP contribution in [0, 0.1) is 12.0 Å². The summed E-state index contributed by atoms with van der Waals surface area (Å²) >= 11 is 2.27. The van der Waals surface area contributed by atoms with E-state index in [1.165, 1.54) is 38.3 Å². The monoisotopic (exact) mass is 392 g/mol. The summed E-state index contributed by atoms with van der Waals surface area (Å²) in [6, 6.07) is 19.3.